The average molecular weight is 322 g/mol. The lowest BCUT2D eigenvalue weighted by Crippen LogP contribution is -2.39. The normalized spacial score (nSPS) is 27.9. The van der Waals surface area contributed by atoms with Crippen LogP contribution < -0.4 is 10.6 Å². The van der Waals surface area contributed by atoms with Crippen LogP contribution in [-0.4, -0.2) is 28.2 Å². The number of carbonyl (C=O) groups excluding carboxylic acids is 1. The fraction of sp³-hybridized carbons (Fsp3) is 0.812. The Hall–Kier alpha value is -1.01. The monoisotopic (exact) mass is 322 g/mol. The van der Waals surface area contributed by atoms with Crippen LogP contribution in [0.2, 0.25) is 0 Å². The number of carbonyl (C=O) groups is 1. The number of aromatic nitrogens is 2. The number of amides is 1. The van der Waals surface area contributed by atoms with Crippen LogP contribution in [0.3, 0.4) is 0 Å². The highest BCUT2D eigenvalue weighted by Crippen LogP contribution is 2.32. The first kappa shape index (κ1) is 15.9. The van der Waals surface area contributed by atoms with Gasteiger partial charge in [0.2, 0.25) is 5.91 Å². The number of nitrogens with zero attached hydrogens (tertiary/aromatic N) is 2. The molecule has 0 aromatic carbocycles. The Morgan fingerprint density at radius 3 is 2.55 bits per heavy atom. The van der Waals surface area contributed by atoms with E-state index in [-0.39, 0.29) is 11.3 Å². The van der Waals surface area contributed by atoms with Crippen molar-refractivity contribution in [3.63, 3.8) is 0 Å². The molecule has 6 heteroatoms. The molecule has 0 saturated carbocycles. The Kier molecular flexibility index (Phi) is 4.50. The summed E-state index contributed by atoms with van der Waals surface area (Å²) in [6.07, 6.45) is 5.51. The summed E-state index contributed by atoms with van der Waals surface area (Å²) in [5.74, 6) is 0.692. The minimum absolute atomic E-state index is 0.0221. The first-order chi connectivity index (χ1) is 10.4. The molecule has 3 heterocycles. The molecule has 1 amide bonds. The van der Waals surface area contributed by atoms with Crippen molar-refractivity contribution in [2.75, 3.05) is 0 Å². The van der Waals surface area contributed by atoms with E-state index in [4.69, 9.17) is 0 Å². The van der Waals surface area contributed by atoms with Crippen LogP contribution >= 0.6 is 11.3 Å². The van der Waals surface area contributed by atoms with Gasteiger partial charge in [0.15, 0.2) is 0 Å². The summed E-state index contributed by atoms with van der Waals surface area (Å²) < 4.78 is 0. The molecule has 1 aromatic heterocycles. The lowest BCUT2D eigenvalue weighted by molar-refractivity contribution is -0.122. The summed E-state index contributed by atoms with van der Waals surface area (Å²) in [6.45, 7) is 6.88. The molecule has 5 nitrogen and oxygen atoms in total. The largest absolute Gasteiger partial charge is 0.350 e. The van der Waals surface area contributed by atoms with Gasteiger partial charge in [0, 0.05) is 23.9 Å². The SMILES string of the molecule is CC(C)(C)c1nnc(CNC(=O)CC2CC3CCC(C2)N3)s1. The van der Waals surface area contributed by atoms with Crippen LogP contribution in [0.15, 0.2) is 0 Å². The molecule has 2 aliphatic heterocycles. The molecule has 2 atom stereocenters. The summed E-state index contributed by atoms with van der Waals surface area (Å²) >= 11 is 1.59. The van der Waals surface area contributed by atoms with Crippen LogP contribution in [0.25, 0.3) is 0 Å². The van der Waals surface area contributed by atoms with Gasteiger partial charge in [-0.05, 0) is 31.6 Å². The molecule has 2 aliphatic rings. The summed E-state index contributed by atoms with van der Waals surface area (Å²) in [7, 11) is 0. The second-order valence-electron chi connectivity index (χ2n) is 7.71. The number of hydrogen-bond donors (Lipinski definition) is 2. The van der Waals surface area contributed by atoms with Crippen molar-refractivity contribution in [1.29, 1.82) is 0 Å². The maximum absolute atomic E-state index is 12.1. The maximum Gasteiger partial charge on any atom is 0.220 e. The zero-order valence-corrected chi connectivity index (χ0v) is 14.5. The Bertz CT molecular complexity index is 524. The van der Waals surface area contributed by atoms with E-state index in [0.29, 0.717) is 31.0 Å². The number of piperidine rings is 1. The van der Waals surface area contributed by atoms with E-state index in [1.165, 1.54) is 12.8 Å². The van der Waals surface area contributed by atoms with Gasteiger partial charge < -0.3 is 10.6 Å². The minimum atomic E-state index is 0.0221. The van der Waals surface area contributed by atoms with E-state index >= 15 is 0 Å². The third kappa shape index (κ3) is 3.84. The molecule has 2 N–H and O–H groups in total. The topological polar surface area (TPSA) is 66.9 Å². The summed E-state index contributed by atoms with van der Waals surface area (Å²) in [5, 5.41) is 16.9. The van der Waals surface area contributed by atoms with Crippen LogP contribution in [-0.2, 0) is 16.8 Å². The van der Waals surface area contributed by atoms with Gasteiger partial charge in [-0.2, -0.15) is 0 Å². The molecule has 2 saturated heterocycles. The predicted molar refractivity (Wildman–Crippen MR) is 87.7 cm³/mol. The zero-order valence-electron chi connectivity index (χ0n) is 13.7. The summed E-state index contributed by atoms with van der Waals surface area (Å²) in [4.78, 5) is 12.1. The summed E-state index contributed by atoms with van der Waals surface area (Å²) in [6, 6.07) is 1.29. The molecule has 2 fully saturated rings. The standard InChI is InChI=1S/C16H26N4OS/c1-16(2,3)15-20-19-14(22-15)9-17-13(21)8-10-6-11-4-5-12(7-10)18-11/h10-12,18H,4-9H2,1-3H3,(H,17,21). The maximum atomic E-state index is 12.1. The molecule has 2 bridgehead atoms. The third-order valence-corrected chi connectivity index (χ3v) is 5.94. The quantitative estimate of drug-likeness (QED) is 0.893. The van der Waals surface area contributed by atoms with Crippen LogP contribution in [0, 0.1) is 5.92 Å². The van der Waals surface area contributed by atoms with Crippen molar-refractivity contribution < 1.29 is 4.79 Å². The van der Waals surface area contributed by atoms with E-state index in [2.05, 4.69) is 41.6 Å². The van der Waals surface area contributed by atoms with Gasteiger partial charge in [0.25, 0.3) is 0 Å². The Balaban J connectivity index is 1.45. The van der Waals surface area contributed by atoms with Crippen molar-refractivity contribution in [3.8, 4) is 0 Å². The van der Waals surface area contributed by atoms with Gasteiger partial charge in [0.1, 0.15) is 10.0 Å². The van der Waals surface area contributed by atoms with Gasteiger partial charge in [-0.15, -0.1) is 10.2 Å². The van der Waals surface area contributed by atoms with Gasteiger partial charge in [-0.25, -0.2) is 0 Å². The molecule has 1 aromatic rings. The first-order valence-corrected chi connectivity index (χ1v) is 9.07. The van der Waals surface area contributed by atoms with Gasteiger partial charge >= 0.3 is 0 Å². The molecule has 0 aliphatic carbocycles. The lowest BCUT2D eigenvalue weighted by Gasteiger charge is -2.28. The molecular formula is C16H26N4OS. The fourth-order valence-electron chi connectivity index (χ4n) is 3.48. The number of fused-ring (bicyclic) bond motifs is 2. The number of hydrogen-bond acceptors (Lipinski definition) is 5. The predicted octanol–water partition coefficient (Wildman–Crippen LogP) is 2.37. The van der Waals surface area contributed by atoms with Gasteiger partial charge in [0.05, 0.1) is 6.54 Å². The lowest BCUT2D eigenvalue weighted by atomic mass is 9.89. The highest BCUT2D eigenvalue weighted by atomic mass is 32.1. The van der Waals surface area contributed by atoms with E-state index in [0.717, 1.165) is 22.9 Å². The molecular weight excluding hydrogens is 296 g/mol. The Morgan fingerprint density at radius 2 is 1.95 bits per heavy atom. The molecule has 0 spiro atoms. The number of rotatable bonds is 4. The average Bonchev–Trinajstić information content (AvgIpc) is 3.03. The Morgan fingerprint density at radius 1 is 1.27 bits per heavy atom. The van der Waals surface area contributed by atoms with Crippen molar-refractivity contribution >= 4 is 17.2 Å². The molecule has 3 rings (SSSR count). The molecule has 122 valence electrons. The number of nitrogens with one attached hydrogen (secondary N) is 2. The smallest absolute Gasteiger partial charge is 0.220 e. The highest BCUT2D eigenvalue weighted by molar-refractivity contribution is 7.11. The van der Waals surface area contributed by atoms with Gasteiger partial charge in [-0.1, -0.05) is 32.1 Å². The molecule has 0 radical (unpaired) electrons. The van der Waals surface area contributed by atoms with E-state index in [1.54, 1.807) is 11.3 Å². The molecule has 22 heavy (non-hydrogen) atoms. The van der Waals surface area contributed by atoms with Crippen molar-refractivity contribution in [3.05, 3.63) is 10.0 Å². The van der Waals surface area contributed by atoms with Crippen molar-refractivity contribution in [2.24, 2.45) is 5.92 Å². The highest BCUT2D eigenvalue weighted by Gasteiger charge is 2.34. The summed E-state index contributed by atoms with van der Waals surface area (Å²) in [5.41, 5.74) is 0.0221. The third-order valence-electron chi connectivity index (χ3n) is 4.59. The van der Waals surface area contributed by atoms with E-state index in [9.17, 15) is 4.79 Å². The van der Waals surface area contributed by atoms with E-state index < -0.39 is 0 Å². The van der Waals surface area contributed by atoms with Crippen molar-refractivity contribution in [2.45, 2.75) is 76.9 Å². The van der Waals surface area contributed by atoms with Crippen molar-refractivity contribution in [1.82, 2.24) is 20.8 Å². The first-order valence-electron chi connectivity index (χ1n) is 8.26. The second-order valence-corrected chi connectivity index (χ2v) is 8.77. The van der Waals surface area contributed by atoms with Crippen LogP contribution in [0.4, 0.5) is 0 Å². The van der Waals surface area contributed by atoms with Gasteiger partial charge in [-0.3, -0.25) is 4.79 Å². The van der Waals surface area contributed by atoms with E-state index in [1.807, 2.05) is 0 Å². The van der Waals surface area contributed by atoms with Crippen LogP contribution in [0.1, 0.15) is 62.9 Å². The molecule has 2 unspecified atom stereocenters. The minimum Gasteiger partial charge on any atom is -0.350 e. The second kappa shape index (κ2) is 6.24. The zero-order chi connectivity index (χ0) is 15.7. The Labute approximate surface area is 136 Å². The fourth-order valence-corrected chi connectivity index (χ4v) is 4.32. The van der Waals surface area contributed by atoms with Crippen LogP contribution in [0.5, 0.6) is 0 Å².